The number of nitrogens with zero attached hydrogens (tertiary/aromatic N) is 1. The molecule has 0 aromatic heterocycles. The van der Waals surface area contributed by atoms with Gasteiger partial charge >= 0.3 is 0 Å². The van der Waals surface area contributed by atoms with Gasteiger partial charge in [0.05, 0.1) is 5.56 Å². The Bertz CT molecular complexity index is 1020. The van der Waals surface area contributed by atoms with E-state index in [0.717, 1.165) is 27.8 Å². The summed E-state index contributed by atoms with van der Waals surface area (Å²) >= 11 is 0. The molecular formula is C24H21NO. The highest BCUT2D eigenvalue weighted by atomic mass is 16.1. The van der Waals surface area contributed by atoms with Crippen LogP contribution in [0.2, 0.25) is 0 Å². The number of hydrogen-bond acceptors (Lipinski definition) is 2. The maximum atomic E-state index is 13.1. The van der Waals surface area contributed by atoms with Crippen molar-refractivity contribution in [3.05, 3.63) is 93.5 Å². The maximum Gasteiger partial charge on any atom is 0.193 e. The number of ketones is 1. The van der Waals surface area contributed by atoms with Crippen molar-refractivity contribution in [1.29, 1.82) is 5.26 Å². The van der Waals surface area contributed by atoms with Crippen LogP contribution in [-0.2, 0) is 0 Å². The van der Waals surface area contributed by atoms with Gasteiger partial charge in [-0.3, -0.25) is 4.79 Å². The lowest BCUT2D eigenvalue weighted by Gasteiger charge is -2.15. The third-order valence-electron chi connectivity index (χ3n) is 4.79. The smallest absolute Gasteiger partial charge is 0.193 e. The Labute approximate surface area is 154 Å². The van der Waals surface area contributed by atoms with E-state index in [1.165, 1.54) is 5.56 Å². The van der Waals surface area contributed by atoms with E-state index >= 15 is 0 Å². The molecule has 0 bridgehead atoms. The molecule has 0 saturated heterocycles. The van der Waals surface area contributed by atoms with E-state index in [9.17, 15) is 10.1 Å². The monoisotopic (exact) mass is 339 g/mol. The van der Waals surface area contributed by atoms with E-state index < -0.39 is 0 Å². The summed E-state index contributed by atoms with van der Waals surface area (Å²) in [5, 5.41) is 9.76. The number of hydrogen-bond donors (Lipinski definition) is 0. The standard InChI is InChI=1S/C24H21NO/c1-15-5-9-19(10-6-15)21-13-17(3)23(18(4)22(21)14-25)24(26)20-11-7-16(2)8-12-20/h5-13H,1-4H3. The van der Waals surface area contributed by atoms with Gasteiger partial charge in [-0.15, -0.1) is 0 Å². The zero-order valence-electron chi connectivity index (χ0n) is 15.6. The molecule has 26 heavy (non-hydrogen) atoms. The molecule has 0 radical (unpaired) electrons. The van der Waals surface area contributed by atoms with Crippen LogP contribution in [-0.4, -0.2) is 5.78 Å². The zero-order valence-corrected chi connectivity index (χ0v) is 15.6. The largest absolute Gasteiger partial charge is 0.289 e. The summed E-state index contributed by atoms with van der Waals surface area (Å²) in [5.74, 6) is -0.0352. The second kappa shape index (κ2) is 6.98. The molecule has 3 rings (SSSR count). The predicted octanol–water partition coefficient (Wildman–Crippen LogP) is 5.69. The summed E-state index contributed by atoms with van der Waals surface area (Å²) in [4.78, 5) is 13.1. The van der Waals surface area contributed by atoms with Gasteiger partial charge in [-0.05, 0) is 50.5 Å². The molecule has 0 saturated carbocycles. The molecule has 0 atom stereocenters. The Morgan fingerprint density at radius 3 is 1.92 bits per heavy atom. The summed E-state index contributed by atoms with van der Waals surface area (Å²) in [6.07, 6.45) is 0. The summed E-state index contributed by atoms with van der Waals surface area (Å²) in [6.45, 7) is 7.83. The molecule has 3 aromatic rings. The van der Waals surface area contributed by atoms with Gasteiger partial charge in [0.25, 0.3) is 0 Å². The van der Waals surface area contributed by atoms with Gasteiger partial charge in [0.2, 0.25) is 0 Å². The molecule has 2 nitrogen and oxygen atoms in total. The van der Waals surface area contributed by atoms with Crippen molar-refractivity contribution < 1.29 is 4.79 Å². The fourth-order valence-corrected chi connectivity index (χ4v) is 3.29. The molecule has 128 valence electrons. The van der Waals surface area contributed by atoms with E-state index in [0.29, 0.717) is 16.7 Å². The van der Waals surface area contributed by atoms with Gasteiger partial charge in [-0.2, -0.15) is 5.26 Å². The second-order valence-electron chi connectivity index (χ2n) is 6.79. The van der Waals surface area contributed by atoms with Crippen LogP contribution in [0.3, 0.4) is 0 Å². The number of benzene rings is 3. The van der Waals surface area contributed by atoms with Crippen molar-refractivity contribution in [3.63, 3.8) is 0 Å². The first-order valence-electron chi connectivity index (χ1n) is 8.65. The van der Waals surface area contributed by atoms with Gasteiger partial charge in [0.1, 0.15) is 6.07 Å². The minimum Gasteiger partial charge on any atom is -0.289 e. The van der Waals surface area contributed by atoms with Crippen molar-refractivity contribution in [2.24, 2.45) is 0 Å². The van der Waals surface area contributed by atoms with Crippen LogP contribution in [0.5, 0.6) is 0 Å². The summed E-state index contributed by atoms with van der Waals surface area (Å²) in [6, 6.07) is 19.9. The first kappa shape index (κ1) is 17.6. The van der Waals surface area contributed by atoms with Gasteiger partial charge < -0.3 is 0 Å². The summed E-state index contributed by atoms with van der Waals surface area (Å²) < 4.78 is 0. The highest BCUT2D eigenvalue weighted by molar-refractivity contribution is 6.11. The molecule has 0 unspecified atom stereocenters. The maximum absolute atomic E-state index is 13.1. The van der Waals surface area contributed by atoms with Crippen molar-refractivity contribution >= 4 is 5.78 Å². The van der Waals surface area contributed by atoms with E-state index in [4.69, 9.17) is 0 Å². The molecule has 0 spiro atoms. The lowest BCUT2D eigenvalue weighted by molar-refractivity contribution is 0.103. The van der Waals surface area contributed by atoms with E-state index in [1.807, 2.05) is 82.3 Å². The summed E-state index contributed by atoms with van der Waals surface area (Å²) in [5.41, 5.74) is 7.63. The van der Waals surface area contributed by atoms with Gasteiger partial charge in [0.15, 0.2) is 5.78 Å². The van der Waals surface area contributed by atoms with Crippen LogP contribution in [0, 0.1) is 39.0 Å². The van der Waals surface area contributed by atoms with Crippen LogP contribution >= 0.6 is 0 Å². The Kier molecular flexibility index (Phi) is 4.73. The lowest BCUT2D eigenvalue weighted by atomic mass is 9.86. The first-order chi connectivity index (χ1) is 12.4. The third kappa shape index (κ3) is 3.17. The van der Waals surface area contributed by atoms with Gasteiger partial charge in [0, 0.05) is 16.7 Å². The molecule has 0 aliphatic carbocycles. The van der Waals surface area contributed by atoms with Crippen LogP contribution in [0.15, 0.2) is 54.6 Å². The highest BCUT2D eigenvalue weighted by Crippen LogP contribution is 2.31. The second-order valence-corrected chi connectivity index (χ2v) is 6.79. The minimum atomic E-state index is -0.0352. The Morgan fingerprint density at radius 1 is 0.846 bits per heavy atom. The molecule has 0 N–H and O–H groups in total. The van der Waals surface area contributed by atoms with Crippen molar-refractivity contribution in [3.8, 4) is 17.2 Å². The number of rotatable bonds is 3. The van der Waals surface area contributed by atoms with Crippen LogP contribution in [0.25, 0.3) is 11.1 Å². The molecule has 0 fully saturated rings. The molecule has 0 amide bonds. The molecule has 2 heteroatoms. The quantitative estimate of drug-likeness (QED) is 0.575. The molecular weight excluding hydrogens is 318 g/mol. The number of nitriles is 1. The van der Waals surface area contributed by atoms with Crippen molar-refractivity contribution in [2.75, 3.05) is 0 Å². The number of carbonyl (C=O) groups excluding carboxylic acids is 1. The van der Waals surface area contributed by atoms with Crippen molar-refractivity contribution in [2.45, 2.75) is 27.7 Å². The third-order valence-corrected chi connectivity index (χ3v) is 4.79. The lowest BCUT2D eigenvalue weighted by Crippen LogP contribution is -2.09. The summed E-state index contributed by atoms with van der Waals surface area (Å²) in [7, 11) is 0. The molecule has 0 heterocycles. The number of carbonyl (C=O) groups is 1. The normalized spacial score (nSPS) is 10.4. The van der Waals surface area contributed by atoms with Gasteiger partial charge in [-0.25, -0.2) is 0 Å². The van der Waals surface area contributed by atoms with Crippen LogP contribution in [0.4, 0.5) is 0 Å². The van der Waals surface area contributed by atoms with Crippen molar-refractivity contribution in [1.82, 2.24) is 0 Å². The Hall–Kier alpha value is -3.18. The first-order valence-corrected chi connectivity index (χ1v) is 8.65. The van der Waals surface area contributed by atoms with E-state index in [-0.39, 0.29) is 5.78 Å². The molecule has 3 aromatic carbocycles. The highest BCUT2D eigenvalue weighted by Gasteiger charge is 2.20. The van der Waals surface area contributed by atoms with Crippen LogP contribution < -0.4 is 0 Å². The Balaban J connectivity index is 2.17. The average Bonchev–Trinajstić information content (AvgIpc) is 2.62. The minimum absolute atomic E-state index is 0.0352. The zero-order chi connectivity index (χ0) is 18.8. The molecule has 0 aliphatic rings. The number of aryl methyl sites for hydroxylation is 3. The fraction of sp³-hybridized carbons (Fsp3) is 0.167. The van der Waals surface area contributed by atoms with E-state index in [2.05, 4.69) is 6.07 Å². The average molecular weight is 339 g/mol. The van der Waals surface area contributed by atoms with Gasteiger partial charge in [-0.1, -0.05) is 59.7 Å². The topological polar surface area (TPSA) is 40.9 Å². The van der Waals surface area contributed by atoms with Crippen LogP contribution in [0.1, 0.15) is 43.7 Å². The van der Waals surface area contributed by atoms with E-state index in [1.54, 1.807) is 0 Å². The SMILES string of the molecule is Cc1ccc(C(=O)c2c(C)cc(-c3ccc(C)cc3)c(C#N)c2C)cc1. The fourth-order valence-electron chi connectivity index (χ4n) is 3.29. The predicted molar refractivity (Wildman–Crippen MR) is 105 cm³/mol. The molecule has 0 aliphatic heterocycles. The Morgan fingerprint density at radius 2 is 1.38 bits per heavy atom.